The predicted molar refractivity (Wildman–Crippen MR) is 80.4 cm³/mol. The zero-order valence-corrected chi connectivity index (χ0v) is 12.1. The second kappa shape index (κ2) is 6.73. The summed E-state index contributed by atoms with van der Waals surface area (Å²) in [6.45, 7) is 8.12. The van der Waals surface area contributed by atoms with E-state index in [4.69, 9.17) is 4.74 Å². The zero-order chi connectivity index (χ0) is 13.7. The summed E-state index contributed by atoms with van der Waals surface area (Å²) in [5, 5.41) is 4.70. The van der Waals surface area contributed by atoms with Crippen molar-refractivity contribution >= 4 is 10.9 Å². The van der Waals surface area contributed by atoms with Gasteiger partial charge in [-0.25, -0.2) is 0 Å². The standard InChI is InChI=1S/C16H24N2O/c1-13(2)12-18-8-6-15-10-14(4-5-16(15)18)11-17-7-9-19-3/h4-6,8,10,13,17H,7,9,11-12H2,1-3H3. The van der Waals surface area contributed by atoms with Gasteiger partial charge in [-0.1, -0.05) is 19.9 Å². The lowest BCUT2D eigenvalue weighted by molar-refractivity contribution is 0.199. The Labute approximate surface area is 115 Å². The van der Waals surface area contributed by atoms with E-state index < -0.39 is 0 Å². The molecule has 0 unspecified atom stereocenters. The molecule has 1 N–H and O–H groups in total. The van der Waals surface area contributed by atoms with Crippen LogP contribution in [0.15, 0.2) is 30.5 Å². The molecule has 3 heteroatoms. The second-order valence-corrected chi connectivity index (χ2v) is 5.42. The topological polar surface area (TPSA) is 26.2 Å². The van der Waals surface area contributed by atoms with Crippen molar-refractivity contribution < 1.29 is 4.74 Å². The summed E-state index contributed by atoms with van der Waals surface area (Å²) in [6, 6.07) is 8.91. The summed E-state index contributed by atoms with van der Waals surface area (Å²) in [4.78, 5) is 0. The van der Waals surface area contributed by atoms with Gasteiger partial charge < -0.3 is 14.6 Å². The summed E-state index contributed by atoms with van der Waals surface area (Å²) in [5.74, 6) is 0.672. The third kappa shape index (κ3) is 3.82. The average molecular weight is 260 g/mol. The molecule has 104 valence electrons. The molecular formula is C16H24N2O. The van der Waals surface area contributed by atoms with Gasteiger partial charge in [-0.2, -0.15) is 0 Å². The van der Waals surface area contributed by atoms with Crippen LogP contribution in [0.2, 0.25) is 0 Å². The number of aromatic nitrogens is 1. The van der Waals surface area contributed by atoms with Crippen LogP contribution in [-0.2, 0) is 17.8 Å². The largest absolute Gasteiger partial charge is 0.383 e. The Morgan fingerprint density at radius 1 is 1.26 bits per heavy atom. The Balaban J connectivity index is 2.05. The Morgan fingerprint density at radius 3 is 2.84 bits per heavy atom. The predicted octanol–water partition coefficient (Wildman–Crippen LogP) is 3.03. The van der Waals surface area contributed by atoms with E-state index >= 15 is 0 Å². The number of benzene rings is 1. The van der Waals surface area contributed by atoms with Crippen molar-refractivity contribution in [1.29, 1.82) is 0 Å². The monoisotopic (exact) mass is 260 g/mol. The van der Waals surface area contributed by atoms with Gasteiger partial charge in [0.05, 0.1) is 6.61 Å². The van der Waals surface area contributed by atoms with Gasteiger partial charge in [-0.3, -0.25) is 0 Å². The van der Waals surface area contributed by atoms with Crippen LogP contribution < -0.4 is 5.32 Å². The molecule has 0 saturated carbocycles. The second-order valence-electron chi connectivity index (χ2n) is 5.42. The zero-order valence-electron chi connectivity index (χ0n) is 12.1. The molecule has 0 spiro atoms. The maximum atomic E-state index is 5.02. The average Bonchev–Trinajstić information content (AvgIpc) is 2.77. The highest BCUT2D eigenvalue weighted by Gasteiger charge is 2.03. The van der Waals surface area contributed by atoms with Crippen LogP contribution in [0.4, 0.5) is 0 Å². The molecule has 0 fully saturated rings. The molecule has 0 atom stereocenters. The van der Waals surface area contributed by atoms with E-state index in [0.29, 0.717) is 5.92 Å². The van der Waals surface area contributed by atoms with Gasteiger partial charge in [0.15, 0.2) is 0 Å². The molecule has 0 aliphatic rings. The van der Waals surface area contributed by atoms with Crippen LogP contribution in [0.3, 0.4) is 0 Å². The first kappa shape index (κ1) is 14.1. The molecule has 2 aromatic rings. The van der Waals surface area contributed by atoms with Crippen molar-refractivity contribution in [2.24, 2.45) is 5.92 Å². The van der Waals surface area contributed by atoms with Crippen LogP contribution in [0.1, 0.15) is 19.4 Å². The molecule has 1 aromatic carbocycles. The van der Waals surface area contributed by atoms with E-state index in [1.54, 1.807) is 7.11 Å². The molecule has 0 saturated heterocycles. The van der Waals surface area contributed by atoms with Gasteiger partial charge in [0.1, 0.15) is 0 Å². The van der Waals surface area contributed by atoms with E-state index in [9.17, 15) is 0 Å². The maximum Gasteiger partial charge on any atom is 0.0587 e. The lowest BCUT2D eigenvalue weighted by Gasteiger charge is -2.09. The first-order valence-corrected chi connectivity index (χ1v) is 6.98. The Kier molecular flexibility index (Phi) is 5.00. The van der Waals surface area contributed by atoms with Crippen molar-refractivity contribution in [2.45, 2.75) is 26.9 Å². The van der Waals surface area contributed by atoms with Gasteiger partial charge in [-0.05, 0) is 35.1 Å². The maximum absolute atomic E-state index is 5.02. The lowest BCUT2D eigenvalue weighted by Crippen LogP contribution is -2.18. The number of hydrogen-bond donors (Lipinski definition) is 1. The van der Waals surface area contributed by atoms with Gasteiger partial charge in [0.2, 0.25) is 0 Å². The third-order valence-electron chi connectivity index (χ3n) is 3.21. The summed E-state index contributed by atoms with van der Waals surface area (Å²) < 4.78 is 7.36. The molecule has 0 aliphatic carbocycles. The SMILES string of the molecule is COCCNCc1ccc2c(ccn2CC(C)C)c1. The molecule has 3 nitrogen and oxygen atoms in total. The van der Waals surface area contributed by atoms with Crippen molar-refractivity contribution in [1.82, 2.24) is 9.88 Å². The highest BCUT2D eigenvalue weighted by atomic mass is 16.5. The fourth-order valence-corrected chi connectivity index (χ4v) is 2.32. The Hall–Kier alpha value is -1.32. The summed E-state index contributed by atoms with van der Waals surface area (Å²) in [6.07, 6.45) is 2.19. The minimum Gasteiger partial charge on any atom is -0.383 e. The third-order valence-corrected chi connectivity index (χ3v) is 3.21. The molecule has 0 amide bonds. The fourth-order valence-electron chi connectivity index (χ4n) is 2.32. The highest BCUT2D eigenvalue weighted by molar-refractivity contribution is 5.80. The van der Waals surface area contributed by atoms with Crippen LogP contribution in [0.5, 0.6) is 0 Å². The van der Waals surface area contributed by atoms with Gasteiger partial charge in [-0.15, -0.1) is 0 Å². The first-order chi connectivity index (χ1) is 9.20. The molecule has 0 radical (unpaired) electrons. The van der Waals surface area contributed by atoms with Crippen LogP contribution in [0.25, 0.3) is 10.9 Å². The van der Waals surface area contributed by atoms with Crippen molar-refractivity contribution in [2.75, 3.05) is 20.3 Å². The van der Waals surface area contributed by atoms with Gasteiger partial charge in [0, 0.05) is 38.5 Å². The number of ether oxygens (including phenoxy) is 1. The first-order valence-electron chi connectivity index (χ1n) is 6.98. The van der Waals surface area contributed by atoms with E-state index in [2.05, 4.69) is 54.2 Å². The fraction of sp³-hybridized carbons (Fsp3) is 0.500. The van der Waals surface area contributed by atoms with Crippen LogP contribution in [-0.4, -0.2) is 24.8 Å². The highest BCUT2D eigenvalue weighted by Crippen LogP contribution is 2.19. The molecule has 2 rings (SSSR count). The number of rotatable bonds is 7. The number of nitrogens with zero attached hydrogens (tertiary/aromatic N) is 1. The Morgan fingerprint density at radius 2 is 2.11 bits per heavy atom. The molecule has 1 aromatic heterocycles. The number of methoxy groups -OCH3 is 1. The summed E-state index contributed by atoms with van der Waals surface area (Å²) in [5.41, 5.74) is 2.65. The summed E-state index contributed by atoms with van der Waals surface area (Å²) >= 11 is 0. The molecule has 1 heterocycles. The van der Waals surface area contributed by atoms with Gasteiger partial charge >= 0.3 is 0 Å². The minimum absolute atomic E-state index is 0.672. The number of fused-ring (bicyclic) bond motifs is 1. The van der Waals surface area contributed by atoms with E-state index in [1.807, 2.05) is 0 Å². The lowest BCUT2D eigenvalue weighted by atomic mass is 10.1. The van der Waals surface area contributed by atoms with Crippen LogP contribution >= 0.6 is 0 Å². The number of hydrogen-bond acceptors (Lipinski definition) is 2. The van der Waals surface area contributed by atoms with Crippen molar-refractivity contribution in [3.8, 4) is 0 Å². The minimum atomic E-state index is 0.672. The van der Waals surface area contributed by atoms with Crippen molar-refractivity contribution in [3.05, 3.63) is 36.0 Å². The van der Waals surface area contributed by atoms with Crippen molar-refractivity contribution in [3.63, 3.8) is 0 Å². The number of nitrogens with one attached hydrogen (secondary N) is 1. The van der Waals surface area contributed by atoms with Gasteiger partial charge in [0.25, 0.3) is 0 Å². The molecule has 0 aliphatic heterocycles. The van der Waals surface area contributed by atoms with E-state index in [0.717, 1.165) is 26.2 Å². The summed E-state index contributed by atoms with van der Waals surface area (Å²) in [7, 11) is 1.73. The molecule has 19 heavy (non-hydrogen) atoms. The molecule has 0 bridgehead atoms. The van der Waals surface area contributed by atoms with Crippen LogP contribution in [0, 0.1) is 5.92 Å². The quantitative estimate of drug-likeness (QED) is 0.774. The smallest absolute Gasteiger partial charge is 0.0587 e. The molecular weight excluding hydrogens is 236 g/mol. The normalized spacial score (nSPS) is 11.6. The van der Waals surface area contributed by atoms with E-state index in [1.165, 1.54) is 16.5 Å². The van der Waals surface area contributed by atoms with E-state index in [-0.39, 0.29) is 0 Å². The Bertz CT molecular complexity index is 516.